The van der Waals surface area contributed by atoms with Gasteiger partial charge in [-0.15, -0.1) is 0 Å². The maximum absolute atomic E-state index is 11.7. The van der Waals surface area contributed by atoms with Crippen molar-refractivity contribution in [2.24, 2.45) is 11.8 Å². The molecule has 3 unspecified atom stereocenters. The Morgan fingerprint density at radius 3 is 2.33 bits per heavy atom. The number of rotatable bonds is 8. The van der Waals surface area contributed by atoms with Gasteiger partial charge in [0, 0.05) is 18.5 Å². The van der Waals surface area contributed by atoms with E-state index in [1.807, 2.05) is 13.8 Å². The number of hydrogen-bond acceptors (Lipinski definition) is 6. The summed E-state index contributed by atoms with van der Waals surface area (Å²) in [4.78, 5) is 34.0. The zero-order valence-corrected chi connectivity index (χ0v) is 14.1. The Balaban J connectivity index is 2.48. The highest BCUT2D eigenvalue weighted by Crippen LogP contribution is 2.24. The topological polar surface area (TPSA) is 133 Å². The second-order valence-electron chi connectivity index (χ2n) is 6.47. The number of aliphatic carboxylic acids is 1. The summed E-state index contributed by atoms with van der Waals surface area (Å²) in [6, 6.07) is 0. The molecule has 0 aromatic carbocycles. The molecule has 136 valence electrons. The lowest BCUT2D eigenvalue weighted by Gasteiger charge is -2.18. The van der Waals surface area contributed by atoms with Crippen molar-refractivity contribution in [1.29, 1.82) is 0 Å². The van der Waals surface area contributed by atoms with Crippen LogP contribution in [0.1, 0.15) is 33.6 Å². The van der Waals surface area contributed by atoms with Crippen LogP contribution < -0.4 is 5.32 Å². The van der Waals surface area contributed by atoms with Crippen molar-refractivity contribution in [2.75, 3.05) is 13.2 Å². The van der Waals surface area contributed by atoms with Gasteiger partial charge in [0.05, 0.1) is 0 Å². The van der Waals surface area contributed by atoms with Crippen molar-refractivity contribution in [3.05, 3.63) is 11.1 Å². The molecule has 3 atom stereocenters. The molecule has 0 bridgehead atoms. The molecule has 0 aliphatic heterocycles. The molecule has 1 aliphatic carbocycles. The Labute approximate surface area is 140 Å². The Morgan fingerprint density at radius 1 is 1.25 bits per heavy atom. The average Bonchev–Trinajstić information content (AvgIpc) is 2.66. The molecule has 0 saturated heterocycles. The molecule has 4 N–H and O–H groups in total. The summed E-state index contributed by atoms with van der Waals surface area (Å²) in [7, 11) is 0. The number of Topliss-reactive ketones (excluding diaryl/α,β-unsaturated/α-hetero) is 1. The van der Waals surface area contributed by atoms with Crippen molar-refractivity contribution in [2.45, 2.75) is 45.8 Å². The zero-order valence-electron chi connectivity index (χ0n) is 14.1. The molecule has 0 fully saturated rings. The molecule has 24 heavy (non-hydrogen) atoms. The summed E-state index contributed by atoms with van der Waals surface area (Å²) in [5, 5.41) is 30.6. The van der Waals surface area contributed by atoms with E-state index in [2.05, 4.69) is 5.32 Å². The van der Waals surface area contributed by atoms with Gasteiger partial charge in [-0.25, -0.2) is 4.79 Å². The third kappa shape index (κ3) is 5.61. The lowest BCUT2D eigenvalue weighted by molar-refractivity contribution is -0.138. The molecule has 0 spiro atoms. The first-order valence-electron chi connectivity index (χ1n) is 7.85. The van der Waals surface area contributed by atoms with Gasteiger partial charge in [-0.1, -0.05) is 13.8 Å². The molecule has 0 heterocycles. The smallest absolute Gasteiger partial charge is 0.407 e. The number of amides is 1. The molecular formula is C16H25NO7. The SMILES string of the molecule is CC1=C(COC(=O)NCC(CC(=O)O)CC(C)C)C(O)C(=O)C1O. The second-order valence-corrected chi connectivity index (χ2v) is 6.47. The van der Waals surface area contributed by atoms with E-state index in [4.69, 9.17) is 9.84 Å². The van der Waals surface area contributed by atoms with Gasteiger partial charge in [0.2, 0.25) is 0 Å². The van der Waals surface area contributed by atoms with E-state index in [9.17, 15) is 24.6 Å². The van der Waals surface area contributed by atoms with Crippen LogP contribution in [0.25, 0.3) is 0 Å². The van der Waals surface area contributed by atoms with Crippen LogP contribution in [-0.4, -0.2) is 58.5 Å². The molecular weight excluding hydrogens is 318 g/mol. The fourth-order valence-corrected chi connectivity index (χ4v) is 2.69. The molecule has 0 aromatic heterocycles. The lowest BCUT2D eigenvalue weighted by Crippen LogP contribution is -2.32. The van der Waals surface area contributed by atoms with Crippen LogP contribution in [0.4, 0.5) is 4.79 Å². The number of carboxylic acids is 1. The number of carboxylic acid groups (broad SMARTS) is 1. The number of nitrogens with one attached hydrogen (secondary N) is 1. The van der Waals surface area contributed by atoms with E-state index in [1.54, 1.807) is 0 Å². The largest absolute Gasteiger partial charge is 0.481 e. The third-order valence-corrected chi connectivity index (χ3v) is 3.95. The first-order valence-corrected chi connectivity index (χ1v) is 7.85. The first-order chi connectivity index (χ1) is 11.1. The molecule has 1 rings (SSSR count). The normalized spacial score (nSPS) is 22.0. The number of ketones is 1. The zero-order chi connectivity index (χ0) is 18.4. The van der Waals surface area contributed by atoms with Crippen molar-refractivity contribution in [1.82, 2.24) is 5.32 Å². The number of ether oxygens (including phenoxy) is 1. The van der Waals surface area contributed by atoms with E-state index in [0.717, 1.165) is 0 Å². The number of alkyl carbamates (subject to hydrolysis) is 1. The average molecular weight is 343 g/mol. The van der Waals surface area contributed by atoms with Gasteiger partial charge in [0.15, 0.2) is 5.78 Å². The Hall–Kier alpha value is -1.93. The molecule has 0 saturated carbocycles. The van der Waals surface area contributed by atoms with Crippen molar-refractivity contribution < 1.29 is 34.4 Å². The van der Waals surface area contributed by atoms with E-state index < -0.39 is 30.1 Å². The fourth-order valence-electron chi connectivity index (χ4n) is 2.69. The summed E-state index contributed by atoms with van der Waals surface area (Å²) in [5.41, 5.74) is 0.454. The fraction of sp³-hybridized carbons (Fsp3) is 0.688. The summed E-state index contributed by atoms with van der Waals surface area (Å²) in [6.45, 7) is 5.26. The van der Waals surface area contributed by atoms with Crippen LogP contribution in [0.5, 0.6) is 0 Å². The van der Waals surface area contributed by atoms with Crippen LogP contribution >= 0.6 is 0 Å². The van der Waals surface area contributed by atoms with E-state index in [-0.39, 0.29) is 36.6 Å². The third-order valence-electron chi connectivity index (χ3n) is 3.95. The van der Waals surface area contributed by atoms with Crippen molar-refractivity contribution in [3.8, 4) is 0 Å². The first kappa shape index (κ1) is 20.1. The van der Waals surface area contributed by atoms with Crippen LogP contribution in [0.2, 0.25) is 0 Å². The molecule has 0 aromatic rings. The second kappa shape index (κ2) is 8.79. The van der Waals surface area contributed by atoms with Crippen LogP contribution in [0.3, 0.4) is 0 Å². The standard InChI is InChI=1S/C16H25NO7/c1-8(2)4-10(5-12(18)19)6-17-16(23)24-7-11-9(3)13(20)15(22)14(11)21/h8,10,13-14,20-21H,4-7H2,1-3H3,(H,17,23)(H,18,19). The number of carbonyl (C=O) groups excluding carboxylic acids is 2. The summed E-state index contributed by atoms with van der Waals surface area (Å²) in [6.07, 6.45) is -3.00. The Morgan fingerprint density at radius 2 is 1.88 bits per heavy atom. The number of aliphatic hydroxyl groups is 2. The summed E-state index contributed by atoms with van der Waals surface area (Å²) < 4.78 is 4.95. The van der Waals surface area contributed by atoms with Gasteiger partial charge in [-0.2, -0.15) is 0 Å². The highest BCUT2D eigenvalue weighted by Gasteiger charge is 2.37. The van der Waals surface area contributed by atoms with Crippen molar-refractivity contribution >= 4 is 17.8 Å². The number of hydrogen-bond donors (Lipinski definition) is 4. The molecule has 0 radical (unpaired) electrons. The van der Waals surface area contributed by atoms with Gasteiger partial charge in [0.1, 0.15) is 18.8 Å². The minimum absolute atomic E-state index is 0.0534. The van der Waals surface area contributed by atoms with Gasteiger partial charge in [0.25, 0.3) is 0 Å². The molecule has 1 amide bonds. The highest BCUT2D eigenvalue weighted by atomic mass is 16.5. The van der Waals surface area contributed by atoms with Crippen LogP contribution in [0, 0.1) is 11.8 Å². The number of aliphatic hydroxyl groups excluding tert-OH is 2. The quantitative estimate of drug-likeness (QED) is 0.471. The Kier molecular flexibility index (Phi) is 7.37. The maximum atomic E-state index is 11.7. The van der Waals surface area contributed by atoms with E-state index in [1.165, 1.54) is 6.92 Å². The number of carbonyl (C=O) groups is 3. The minimum Gasteiger partial charge on any atom is -0.481 e. The van der Waals surface area contributed by atoms with Gasteiger partial charge >= 0.3 is 12.1 Å². The Bertz CT molecular complexity index is 527. The monoisotopic (exact) mass is 343 g/mol. The predicted molar refractivity (Wildman–Crippen MR) is 84.3 cm³/mol. The van der Waals surface area contributed by atoms with Gasteiger partial charge < -0.3 is 25.4 Å². The maximum Gasteiger partial charge on any atom is 0.407 e. The molecule has 8 nitrogen and oxygen atoms in total. The van der Waals surface area contributed by atoms with Crippen molar-refractivity contribution in [3.63, 3.8) is 0 Å². The lowest BCUT2D eigenvalue weighted by atomic mass is 9.94. The minimum atomic E-state index is -1.46. The highest BCUT2D eigenvalue weighted by molar-refractivity contribution is 5.96. The molecule has 1 aliphatic rings. The predicted octanol–water partition coefficient (Wildman–Crippen LogP) is 0.471. The summed E-state index contributed by atoms with van der Waals surface area (Å²) >= 11 is 0. The summed E-state index contributed by atoms with van der Waals surface area (Å²) in [5.74, 6) is -1.58. The molecule has 8 heteroatoms. The van der Waals surface area contributed by atoms with E-state index in [0.29, 0.717) is 12.3 Å². The van der Waals surface area contributed by atoms with Crippen LogP contribution in [0.15, 0.2) is 11.1 Å². The van der Waals surface area contributed by atoms with Gasteiger partial charge in [-0.05, 0) is 30.8 Å². The van der Waals surface area contributed by atoms with Crippen LogP contribution in [-0.2, 0) is 14.3 Å². The van der Waals surface area contributed by atoms with Gasteiger partial charge in [-0.3, -0.25) is 9.59 Å². The van der Waals surface area contributed by atoms with E-state index >= 15 is 0 Å².